The van der Waals surface area contributed by atoms with Crippen LogP contribution in [0.15, 0.2) is 36.9 Å². The van der Waals surface area contributed by atoms with E-state index in [4.69, 9.17) is 4.74 Å². The van der Waals surface area contributed by atoms with E-state index in [0.717, 1.165) is 0 Å². The number of para-hydroxylation sites is 1. The first kappa shape index (κ1) is 12.9. The molecule has 104 valence electrons. The van der Waals surface area contributed by atoms with Crippen molar-refractivity contribution in [2.45, 2.75) is 18.6 Å². The molecule has 2 aliphatic heterocycles. The second-order valence-electron chi connectivity index (χ2n) is 4.99. The molecule has 0 saturated carbocycles. The molecule has 0 unspecified atom stereocenters. The molecule has 0 spiro atoms. The summed E-state index contributed by atoms with van der Waals surface area (Å²) in [5.41, 5.74) is 1.12. The summed E-state index contributed by atoms with van der Waals surface area (Å²) in [6.45, 7) is 4.47. The molecule has 1 aromatic rings. The summed E-state index contributed by atoms with van der Waals surface area (Å²) in [5.74, 6) is -0.262. The first-order valence-electron chi connectivity index (χ1n) is 6.64. The van der Waals surface area contributed by atoms with Crippen LogP contribution in [0.5, 0.6) is 0 Å². The van der Waals surface area contributed by atoms with Crippen LogP contribution < -0.4 is 5.32 Å². The highest BCUT2D eigenvalue weighted by Gasteiger charge is 2.42. The number of rotatable bonds is 3. The maximum absolute atomic E-state index is 12.5. The number of anilines is 1. The molecule has 5 heteroatoms. The van der Waals surface area contributed by atoms with Crippen molar-refractivity contribution in [2.75, 3.05) is 18.5 Å². The van der Waals surface area contributed by atoms with Gasteiger partial charge in [-0.3, -0.25) is 9.59 Å². The van der Waals surface area contributed by atoms with E-state index in [1.54, 1.807) is 35.2 Å². The number of amides is 2. The van der Waals surface area contributed by atoms with Crippen molar-refractivity contribution in [3.63, 3.8) is 0 Å². The van der Waals surface area contributed by atoms with Crippen LogP contribution in [-0.2, 0) is 9.53 Å². The Morgan fingerprint density at radius 2 is 2.20 bits per heavy atom. The Hall–Kier alpha value is -2.14. The fourth-order valence-electron chi connectivity index (χ4n) is 2.74. The minimum atomic E-state index is -0.454. The van der Waals surface area contributed by atoms with Crippen molar-refractivity contribution >= 4 is 17.5 Å². The summed E-state index contributed by atoms with van der Waals surface area (Å²) < 4.78 is 5.58. The highest BCUT2D eigenvalue weighted by atomic mass is 16.5. The van der Waals surface area contributed by atoms with Crippen molar-refractivity contribution in [1.82, 2.24) is 4.90 Å². The fraction of sp³-hybridized carbons (Fsp3) is 0.333. The van der Waals surface area contributed by atoms with Gasteiger partial charge in [0.25, 0.3) is 5.91 Å². The van der Waals surface area contributed by atoms with Crippen molar-refractivity contribution < 1.29 is 14.3 Å². The van der Waals surface area contributed by atoms with Gasteiger partial charge in [-0.25, -0.2) is 0 Å². The van der Waals surface area contributed by atoms with Crippen LogP contribution in [0.3, 0.4) is 0 Å². The molecule has 0 aliphatic carbocycles. The summed E-state index contributed by atoms with van der Waals surface area (Å²) in [6, 6.07) is 6.63. The van der Waals surface area contributed by atoms with Crippen LogP contribution in [0, 0.1) is 0 Å². The molecule has 0 aromatic heterocycles. The molecule has 3 rings (SSSR count). The maximum atomic E-state index is 12.5. The zero-order valence-electron chi connectivity index (χ0n) is 11.0. The maximum Gasteiger partial charge on any atom is 0.256 e. The molecule has 1 N–H and O–H groups in total. The third kappa shape index (κ3) is 2.10. The standard InChI is InChI=1S/C15H16N2O3/c1-2-7-20-10-8-13-14(18)16-12-6-4-3-5-11(12)15(19)17(13)9-10/h2-6,10,13H,1,7-9H2,(H,16,18)/t10-,13+/m0/s1. The molecule has 0 bridgehead atoms. The lowest BCUT2D eigenvalue weighted by Gasteiger charge is -2.19. The van der Waals surface area contributed by atoms with Crippen LogP contribution in [-0.4, -0.2) is 42.0 Å². The second kappa shape index (κ2) is 5.09. The van der Waals surface area contributed by atoms with Crippen LogP contribution in [0.4, 0.5) is 5.69 Å². The van der Waals surface area contributed by atoms with Crippen LogP contribution in [0.2, 0.25) is 0 Å². The summed E-state index contributed by atoms with van der Waals surface area (Å²) in [6.07, 6.45) is 2.08. The Morgan fingerprint density at radius 3 is 3.00 bits per heavy atom. The summed E-state index contributed by atoms with van der Waals surface area (Å²) in [7, 11) is 0. The Labute approximate surface area is 117 Å². The number of carbonyl (C=O) groups excluding carboxylic acids is 2. The average molecular weight is 272 g/mol. The molecule has 1 fully saturated rings. The number of hydrogen-bond acceptors (Lipinski definition) is 3. The van der Waals surface area contributed by atoms with Gasteiger partial charge in [-0.05, 0) is 12.1 Å². The van der Waals surface area contributed by atoms with Gasteiger partial charge in [-0.2, -0.15) is 0 Å². The van der Waals surface area contributed by atoms with Gasteiger partial charge in [-0.1, -0.05) is 18.2 Å². The largest absolute Gasteiger partial charge is 0.372 e. The van der Waals surface area contributed by atoms with Gasteiger partial charge in [0.1, 0.15) is 6.04 Å². The zero-order valence-corrected chi connectivity index (χ0v) is 11.0. The molecule has 1 saturated heterocycles. The number of ether oxygens (including phenoxy) is 1. The first-order valence-corrected chi connectivity index (χ1v) is 6.64. The molecule has 1 aromatic carbocycles. The Bertz CT molecular complexity index is 570. The predicted octanol–water partition coefficient (Wildman–Crippen LogP) is 1.42. The van der Waals surface area contributed by atoms with Crippen LogP contribution >= 0.6 is 0 Å². The molecule has 2 heterocycles. The van der Waals surface area contributed by atoms with Gasteiger partial charge >= 0.3 is 0 Å². The topological polar surface area (TPSA) is 58.6 Å². The lowest BCUT2D eigenvalue weighted by molar-refractivity contribution is -0.119. The van der Waals surface area contributed by atoms with Gasteiger partial charge in [0.2, 0.25) is 5.91 Å². The SMILES string of the molecule is C=CCO[C@H]1C[C@@H]2C(=O)Nc3ccccc3C(=O)N2C1. The van der Waals surface area contributed by atoms with Crippen molar-refractivity contribution in [3.8, 4) is 0 Å². The van der Waals surface area contributed by atoms with Crippen molar-refractivity contribution in [2.24, 2.45) is 0 Å². The van der Waals surface area contributed by atoms with Crippen LogP contribution in [0.25, 0.3) is 0 Å². The molecule has 2 amide bonds. The van der Waals surface area contributed by atoms with Crippen LogP contribution in [0.1, 0.15) is 16.8 Å². The van der Waals surface area contributed by atoms with Gasteiger partial charge in [0.15, 0.2) is 0 Å². The van der Waals surface area contributed by atoms with Gasteiger partial charge in [-0.15, -0.1) is 6.58 Å². The lowest BCUT2D eigenvalue weighted by Crippen LogP contribution is -2.40. The van der Waals surface area contributed by atoms with Gasteiger partial charge in [0, 0.05) is 13.0 Å². The monoisotopic (exact) mass is 272 g/mol. The highest BCUT2D eigenvalue weighted by molar-refractivity contribution is 6.10. The number of nitrogens with zero attached hydrogens (tertiary/aromatic N) is 1. The Balaban J connectivity index is 1.88. The van der Waals surface area contributed by atoms with E-state index in [0.29, 0.717) is 30.8 Å². The number of nitrogens with one attached hydrogen (secondary N) is 1. The van der Waals surface area contributed by atoms with E-state index in [9.17, 15) is 9.59 Å². The minimum absolute atomic E-state index is 0.113. The Kier molecular flexibility index (Phi) is 3.28. The van der Waals surface area contributed by atoms with E-state index >= 15 is 0 Å². The first-order chi connectivity index (χ1) is 9.70. The van der Waals surface area contributed by atoms with Gasteiger partial charge in [0.05, 0.1) is 24.0 Å². The van der Waals surface area contributed by atoms with E-state index in [1.807, 2.05) is 0 Å². The highest BCUT2D eigenvalue weighted by Crippen LogP contribution is 2.29. The Morgan fingerprint density at radius 1 is 1.40 bits per heavy atom. The number of hydrogen-bond donors (Lipinski definition) is 1. The third-order valence-corrected chi connectivity index (χ3v) is 3.69. The summed E-state index contributed by atoms with van der Waals surface area (Å²) in [5, 5.41) is 2.82. The normalized spacial score (nSPS) is 24.7. The minimum Gasteiger partial charge on any atom is -0.372 e. The van der Waals surface area contributed by atoms with E-state index < -0.39 is 6.04 Å². The van der Waals surface area contributed by atoms with E-state index in [2.05, 4.69) is 11.9 Å². The summed E-state index contributed by atoms with van der Waals surface area (Å²) in [4.78, 5) is 26.4. The zero-order chi connectivity index (χ0) is 14.1. The average Bonchev–Trinajstić information content (AvgIpc) is 2.85. The molecule has 2 atom stereocenters. The predicted molar refractivity (Wildman–Crippen MR) is 74.5 cm³/mol. The summed E-state index contributed by atoms with van der Waals surface area (Å²) >= 11 is 0. The molecular weight excluding hydrogens is 256 g/mol. The van der Waals surface area contributed by atoms with E-state index in [1.165, 1.54) is 0 Å². The lowest BCUT2D eigenvalue weighted by atomic mass is 10.1. The van der Waals surface area contributed by atoms with Gasteiger partial charge < -0.3 is 15.0 Å². The smallest absolute Gasteiger partial charge is 0.256 e. The molecule has 0 radical (unpaired) electrons. The molecule has 20 heavy (non-hydrogen) atoms. The molecule has 2 aliphatic rings. The molecular formula is C15H16N2O3. The van der Waals surface area contributed by atoms with Crippen molar-refractivity contribution in [1.29, 1.82) is 0 Å². The fourth-order valence-corrected chi connectivity index (χ4v) is 2.74. The number of benzene rings is 1. The third-order valence-electron chi connectivity index (χ3n) is 3.69. The quantitative estimate of drug-likeness (QED) is 0.847. The second-order valence-corrected chi connectivity index (χ2v) is 4.99. The number of fused-ring (bicyclic) bond motifs is 2. The van der Waals surface area contributed by atoms with Crippen molar-refractivity contribution in [3.05, 3.63) is 42.5 Å². The molecule has 5 nitrogen and oxygen atoms in total. The van der Waals surface area contributed by atoms with E-state index in [-0.39, 0.29) is 17.9 Å². The number of carbonyl (C=O) groups is 2.